The van der Waals surface area contributed by atoms with Crippen LogP contribution in [-0.2, 0) is 11.3 Å². The van der Waals surface area contributed by atoms with E-state index in [-0.39, 0.29) is 37.0 Å². The number of hydrogen-bond acceptors (Lipinski definition) is 4. The van der Waals surface area contributed by atoms with Crippen LogP contribution in [0.4, 0.5) is 14.5 Å². The lowest BCUT2D eigenvalue weighted by Crippen LogP contribution is -2.56. The van der Waals surface area contributed by atoms with Crippen LogP contribution in [0.15, 0.2) is 60.7 Å². The molecule has 1 amide bonds. The zero-order valence-corrected chi connectivity index (χ0v) is 18.1. The molecule has 0 unspecified atom stereocenters. The number of amidine groups is 1. The summed E-state index contributed by atoms with van der Waals surface area (Å²) in [6, 6.07) is 18.5. The maximum atomic E-state index is 13.3. The molecule has 34 heavy (non-hydrogen) atoms. The number of anilines is 1. The van der Waals surface area contributed by atoms with Gasteiger partial charge in [-0.1, -0.05) is 36.4 Å². The average molecular weight is 460 g/mol. The van der Waals surface area contributed by atoms with E-state index in [0.29, 0.717) is 17.7 Å². The fourth-order valence-corrected chi connectivity index (χ4v) is 4.95. The van der Waals surface area contributed by atoms with Crippen molar-refractivity contribution in [1.82, 2.24) is 5.32 Å². The molecule has 6 nitrogen and oxygen atoms in total. The van der Waals surface area contributed by atoms with Crippen molar-refractivity contribution in [3.05, 3.63) is 99.6 Å². The van der Waals surface area contributed by atoms with E-state index in [1.165, 1.54) is 0 Å². The highest BCUT2D eigenvalue weighted by Gasteiger charge is 2.46. The first kappa shape index (κ1) is 20.8. The van der Waals surface area contributed by atoms with Crippen LogP contribution in [0.2, 0.25) is 0 Å². The number of benzene rings is 3. The van der Waals surface area contributed by atoms with E-state index in [4.69, 9.17) is 15.9 Å². The third kappa shape index (κ3) is 3.33. The summed E-state index contributed by atoms with van der Waals surface area (Å²) in [4.78, 5) is 14.5. The molecule has 4 N–H and O–H groups in total. The Hall–Kier alpha value is -3.78. The second kappa shape index (κ2) is 7.36. The molecule has 8 heteroatoms. The SMILES string of the molecule is N=C(N)c1ccc(CNC(=O)c2ccc3c(c2)[C@@H]2O[C@H]3c3ccc(N4CC(F)(F)C4)cc32)cc1. The van der Waals surface area contributed by atoms with Gasteiger partial charge in [0.15, 0.2) is 0 Å². The highest BCUT2D eigenvalue weighted by atomic mass is 19.3. The Bertz CT molecular complexity index is 1330. The highest BCUT2D eigenvalue weighted by molar-refractivity contribution is 5.95. The Morgan fingerprint density at radius 3 is 2.26 bits per heavy atom. The number of halogens is 2. The number of fused-ring (bicyclic) bond motifs is 8. The summed E-state index contributed by atoms with van der Waals surface area (Å²) in [7, 11) is 0. The fourth-order valence-electron chi connectivity index (χ4n) is 4.95. The molecule has 3 aromatic carbocycles. The number of nitrogens with one attached hydrogen (secondary N) is 2. The first-order valence-corrected chi connectivity index (χ1v) is 11.1. The minimum Gasteiger partial charge on any atom is -0.384 e. The van der Waals surface area contributed by atoms with Crippen LogP contribution in [0.5, 0.6) is 0 Å². The topological polar surface area (TPSA) is 91.4 Å². The Kier molecular flexibility index (Phi) is 4.50. The minimum absolute atomic E-state index is 0.00162. The van der Waals surface area contributed by atoms with E-state index in [2.05, 4.69) is 5.32 Å². The molecule has 3 aromatic rings. The van der Waals surface area contributed by atoms with Crippen molar-refractivity contribution in [3.8, 4) is 0 Å². The number of nitrogen functional groups attached to an aromatic ring is 1. The van der Waals surface area contributed by atoms with Gasteiger partial charge in [0.25, 0.3) is 11.8 Å². The van der Waals surface area contributed by atoms with E-state index >= 15 is 0 Å². The largest absolute Gasteiger partial charge is 0.384 e. The summed E-state index contributed by atoms with van der Waals surface area (Å²) in [6.07, 6.45) is -0.498. The van der Waals surface area contributed by atoms with Gasteiger partial charge < -0.3 is 20.7 Å². The van der Waals surface area contributed by atoms with Crippen LogP contribution in [0.25, 0.3) is 0 Å². The molecular weight excluding hydrogens is 438 g/mol. The lowest BCUT2D eigenvalue weighted by Gasteiger charge is -2.40. The normalized spacial score (nSPS) is 20.9. The number of amides is 1. The fraction of sp³-hybridized carbons (Fsp3) is 0.231. The standard InChI is InChI=1S/C26H22F2N4O2/c27-26(28)12-32(13-26)17-6-8-19-21(10-17)23-20-9-16(5-7-18(20)22(19)34-23)25(33)31-11-14-1-3-15(4-2-14)24(29)30/h1-10,22-23H,11-13H2,(H3,29,30)(H,31,33)/t22-,23+/m1/s1. The monoisotopic (exact) mass is 460 g/mol. The third-order valence-corrected chi connectivity index (χ3v) is 6.75. The quantitative estimate of drug-likeness (QED) is 0.398. The minimum atomic E-state index is -2.63. The number of alkyl halides is 2. The lowest BCUT2D eigenvalue weighted by atomic mass is 9.84. The highest BCUT2D eigenvalue weighted by Crippen LogP contribution is 2.55. The molecule has 2 bridgehead atoms. The maximum absolute atomic E-state index is 13.3. The summed E-state index contributed by atoms with van der Waals surface area (Å²) >= 11 is 0. The average Bonchev–Trinajstić information content (AvgIpc) is 3.38. The molecule has 3 heterocycles. The van der Waals surface area contributed by atoms with Crippen molar-refractivity contribution in [1.29, 1.82) is 5.41 Å². The third-order valence-electron chi connectivity index (χ3n) is 6.75. The summed E-state index contributed by atoms with van der Waals surface area (Å²) in [5, 5.41) is 10.4. The van der Waals surface area contributed by atoms with Gasteiger partial charge in [-0.15, -0.1) is 0 Å². The molecule has 0 radical (unpaired) electrons. The zero-order valence-electron chi connectivity index (χ0n) is 18.1. The summed E-state index contributed by atoms with van der Waals surface area (Å²) in [5.74, 6) is -2.82. The van der Waals surface area contributed by atoms with E-state index in [0.717, 1.165) is 33.5 Å². The molecule has 3 aliphatic rings. The lowest BCUT2D eigenvalue weighted by molar-refractivity contribution is -0.0262. The van der Waals surface area contributed by atoms with Crippen LogP contribution >= 0.6 is 0 Å². The number of hydrogen-bond donors (Lipinski definition) is 3. The first-order valence-electron chi connectivity index (χ1n) is 11.1. The van der Waals surface area contributed by atoms with Gasteiger partial charge in [-0.3, -0.25) is 10.2 Å². The Morgan fingerprint density at radius 2 is 1.59 bits per heavy atom. The molecule has 0 aromatic heterocycles. The molecule has 0 aliphatic carbocycles. The summed E-state index contributed by atoms with van der Waals surface area (Å²) in [5.41, 5.74) is 12.3. The summed E-state index contributed by atoms with van der Waals surface area (Å²) in [6.45, 7) is -0.179. The predicted molar refractivity (Wildman–Crippen MR) is 123 cm³/mol. The molecule has 0 spiro atoms. The molecular formula is C26H22F2N4O2. The number of nitrogens with two attached hydrogens (primary N) is 1. The van der Waals surface area contributed by atoms with Crippen molar-refractivity contribution in [2.75, 3.05) is 18.0 Å². The number of nitrogens with zero attached hydrogens (tertiary/aromatic N) is 1. The number of rotatable bonds is 5. The Morgan fingerprint density at radius 1 is 0.971 bits per heavy atom. The van der Waals surface area contributed by atoms with Gasteiger partial charge in [-0.2, -0.15) is 0 Å². The van der Waals surface area contributed by atoms with Crippen molar-refractivity contribution in [2.45, 2.75) is 24.7 Å². The van der Waals surface area contributed by atoms with Gasteiger partial charge in [-0.05, 0) is 52.1 Å². The Balaban J connectivity index is 1.19. The zero-order chi connectivity index (χ0) is 23.6. The van der Waals surface area contributed by atoms with Crippen molar-refractivity contribution >= 4 is 17.4 Å². The van der Waals surface area contributed by atoms with Crippen LogP contribution in [0.1, 0.15) is 55.9 Å². The smallest absolute Gasteiger partial charge is 0.282 e. The van der Waals surface area contributed by atoms with E-state index in [1.54, 1.807) is 23.1 Å². The van der Waals surface area contributed by atoms with Crippen molar-refractivity contribution in [2.24, 2.45) is 5.73 Å². The van der Waals surface area contributed by atoms with E-state index in [1.807, 2.05) is 42.5 Å². The molecule has 6 rings (SSSR count). The predicted octanol–water partition coefficient (Wildman–Crippen LogP) is 3.88. The van der Waals surface area contributed by atoms with Crippen molar-refractivity contribution in [3.63, 3.8) is 0 Å². The second-order valence-electron chi connectivity index (χ2n) is 9.06. The van der Waals surface area contributed by atoms with Crippen LogP contribution in [-0.4, -0.2) is 30.8 Å². The molecule has 0 saturated carbocycles. The number of carbonyl (C=O) groups is 1. The van der Waals surface area contributed by atoms with Gasteiger partial charge in [-0.25, -0.2) is 8.78 Å². The van der Waals surface area contributed by atoms with Gasteiger partial charge in [0, 0.05) is 23.4 Å². The van der Waals surface area contributed by atoms with Crippen LogP contribution in [0.3, 0.4) is 0 Å². The molecule has 2 atom stereocenters. The summed E-state index contributed by atoms with van der Waals surface area (Å²) < 4.78 is 32.8. The van der Waals surface area contributed by atoms with Crippen molar-refractivity contribution < 1.29 is 18.3 Å². The van der Waals surface area contributed by atoms with Gasteiger partial charge in [0.05, 0.1) is 13.1 Å². The van der Waals surface area contributed by atoms with Crippen LogP contribution < -0.4 is 16.0 Å². The van der Waals surface area contributed by atoms with Gasteiger partial charge in [0.2, 0.25) is 0 Å². The second-order valence-corrected chi connectivity index (χ2v) is 9.06. The number of carbonyl (C=O) groups excluding carboxylic acids is 1. The molecule has 3 aliphatic heterocycles. The van der Waals surface area contributed by atoms with E-state index < -0.39 is 5.92 Å². The first-order chi connectivity index (χ1) is 16.3. The molecule has 1 fully saturated rings. The van der Waals surface area contributed by atoms with Crippen LogP contribution in [0, 0.1) is 5.41 Å². The molecule has 1 saturated heterocycles. The number of ether oxygens (including phenoxy) is 1. The van der Waals surface area contributed by atoms with E-state index in [9.17, 15) is 13.6 Å². The molecule has 172 valence electrons. The van der Waals surface area contributed by atoms with Gasteiger partial charge >= 0.3 is 0 Å². The maximum Gasteiger partial charge on any atom is 0.282 e. The Labute approximate surface area is 194 Å². The van der Waals surface area contributed by atoms with Gasteiger partial charge in [0.1, 0.15) is 18.0 Å².